The highest BCUT2D eigenvalue weighted by Crippen LogP contribution is 2.28. The topological polar surface area (TPSA) is 29.1 Å². The second-order valence-corrected chi connectivity index (χ2v) is 3.75. The highest BCUT2D eigenvalue weighted by Gasteiger charge is 2.03. The van der Waals surface area contributed by atoms with Gasteiger partial charge < -0.3 is 5.32 Å². The smallest absolute Gasteiger partial charge is 0.211 e. The Hall–Kier alpha value is -1.80. The zero-order valence-electron chi connectivity index (χ0n) is 8.48. The minimum atomic E-state index is 0.670. The summed E-state index contributed by atoms with van der Waals surface area (Å²) in [4.78, 5) is 10.5. The summed E-state index contributed by atoms with van der Waals surface area (Å²) in [7, 11) is 0. The van der Waals surface area contributed by atoms with E-state index in [2.05, 4.69) is 5.32 Å². The number of rotatable bonds is 3. The Kier molecular flexibility index (Phi) is 3.22. The molecule has 1 amide bonds. The Morgan fingerprint density at radius 3 is 2.62 bits per heavy atom. The standard InChI is InChI=1S/C13H10ClNO/c14-11-5-3-4-10(8-11)12-6-1-2-7-13(12)15-9-16/h1-9H,(H,15,16). The molecule has 2 rings (SSSR count). The van der Waals surface area contributed by atoms with Crippen LogP contribution in [0.25, 0.3) is 11.1 Å². The van der Waals surface area contributed by atoms with Crippen LogP contribution in [0.15, 0.2) is 48.5 Å². The first-order valence-electron chi connectivity index (χ1n) is 4.86. The summed E-state index contributed by atoms with van der Waals surface area (Å²) in [5.74, 6) is 0. The molecule has 0 saturated heterocycles. The number of hydrogen-bond donors (Lipinski definition) is 1. The van der Waals surface area contributed by atoms with E-state index in [0.717, 1.165) is 16.8 Å². The number of hydrogen-bond acceptors (Lipinski definition) is 1. The predicted octanol–water partition coefficient (Wildman–Crippen LogP) is 3.58. The van der Waals surface area contributed by atoms with Crippen LogP contribution in [-0.4, -0.2) is 6.41 Å². The molecule has 0 aliphatic rings. The largest absolute Gasteiger partial charge is 0.328 e. The van der Waals surface area contributed by atoms with Crippen molar-refractivity contribution in [1.29, 1.82) is 0 Å². The molecule has 3 heteroatoms. The third kappa shape index (κ3) is 2.23. The Balaban J connectivity index is 2.50. The van der Waals surface area contributed by atoms with E-state index < -0.39 is 0 Å². The molecule has 0 saturated carbocycles. The summed E-state index contributed by atoms with van der Waals surface area (Å²) >= 11 is 5.93. The Morgan fingerprint density at radius 1 is 1.06 bits per heavy atom. The second kappa shape index (κ2) is 4.81. The van der Waals surface area contributed by atoms with Crippen LogP contribution in [0.5, 0.6) is 0 Å². The van der Waals surface area contributed by atoms with Gasteiger partial charge in [-0.2, -0.15) is 0 Å². The number of nitrogens with one attached hydrogen (secondary N) is 1. The summed E-state index contributed by atoms with van der Waals surface area (Å²) in [6.07, 6.45) is 0.670. The predicted molar refractivity (Wildman–Crippen MR) is 66.6 cm³/mol. The molecule has 1 N–H and O–H groups in total. The van der Waals surface area contributed by atoms with Crippen LogP contribution < -0.4 is 5.32 Å². The average Bonchev–Trinajstić information content (AvgIpc) is 2.30. The number of amides is 1. The van der Waals surface area contributed by atoms with Crippen molar-refractivity contribution >= 4 is 23.7 Å². The Bertz CT molecular complexity index is 511. The van der Waals surface area contributed by atoms with E-state index in [1.165, 1.54) is 0 Å². The van der Waals surface area contributed by atoms with Gasteiger partial charge in [0.2, 0.25) is 6.41 Å². The van der Waals surface area contributed by atoms with Crippen LogP contribution in [0.2, 0.25) is 5.02 Å². The molecular formula is C13H10ClNO. The van der Waals surface area contributed by atoms with Crippen molar-refractivity contribution in [2.24, 2.45) is 0 Å². The van der Waals surface area contributed by atoms with E-state index in [9.17, 15) is 4.79 Å². The fourth-order valence-electron chi connectivity index (χ4n) is 1.58. The zero-order valence-corrected chi connectivity index (χ0v) is 9.24. The molecule has 0 spiro atoms. The van der Waals surface area contributed by atoms with E-state index in [0.29, 0.717) is 11.4 Å². The lowest BCUT2D eigenvalue weighted by Gasteiger charge is -2.08. The summed E-state index contributed by atoms with van der Waals surface area (Å²) in [6.45, 7) is 0. The van der Waals surface area contributed by atoms with Crippen LogP contribution in [-0.2, 0) is 4.79 Å². The van der Waals surface area contributed by atoms with E-state index in [-0.39, 0.29) is 0 Å². The van der Waals surface area contributed by atoms with E-state index in [1.807, 2.05) is 48.5 Å². The van der Waals surface area contributed by atoms with Gasteiger partial charge in [-0.1, -0.05) is 41.9 Å². The lowest BCUT2D eigenvalue weighted by molar-refractivity contribution is -0.105. The highest BCUT2D eigenvalue weighted by molar-refractivity contribution is 6.30. The van der Waals surface area contributed by atoms with Crippen molar-refractivity contribution in [3.05, 3.63) is 53.6 Å². The van der Waals surface area contributed by atoms with Crippen molar-refractivity contribution in [3.8, 4) is 11.1 Å². The number of carbonyl (C=O) groups excluding carboxylic acids is 1. The van der Waals surface area contributed by atoms with Gasteiger partial charge in [-0.05, 0) is 23.8 Å². The maximum Gasteiger partial charge on any atom is 0.211 e. The quantitative estimate of drug-likeness (QED) is 0.804. The normalized spacial score (nSPS) is 9.81. The van der Waals surface area contributed by atoms with Crippen LogP contribution in [0.4, 0.5) is 5.69 Å². The van der Waals surface area contributed by atoms with Gasteiger partial charge in [0.1, 0.15) is 0 Å². The van der Waals surface area contributed by atoms with Crippen molar-refractivity contribution in [3.63, 3.8) is 0 Å². The molecule has 2 aromatic carbocycles. The lowest BCUT2D eigenvalue weighted by atomic mass is 10.0. The molecule has 80 valence electrons. The van der Waals surface area contributed by atoms with Gasteiger partial charge in [0.25, 0.3) is 0 Å². The van der Waals surface area contributed by atoms with Gasteiger partial charge in [0, 0.05) is 16.3 Å². The van der Waals surface area contributed by atoms with E-state index >= 15 is 0 Å². The SMILES string of the molecule is O=CNc1ccccc1-c1cccc(Cl)c1. The molecule has 0 bridgehead atoms. The van der Waals surface area contributed by atoms with Crippen LogP contribution >= 0.6 is 11.6 Å². The number of anilines is 1. The fraction of sp³-hybridized carbons (Fsp3) is 0. The van der Waals surface area contributed by atoms with E-state index in [4.69, 9.17) is 11.6 Å². The van der Waals surface area contributed by atoms with Gasteiger partial charge in [-0.3, -0.25) is 4.79 Å². The highest BCUT2D eigenvalue weighted by atomic mass is 35.5. The summed E-state index contributed by atoms with van der Waals surface area (Å²) < 4.78 is 0. The van der Waals surface area contributed by atoms with Crippen molar-refractivity contribution in [2.75, 3.05) is 5.32 Å². The molecule has 0 aliphatic heterocycles. The number of para-hydroxylation sites is 1. The zero-order chi connectivity index (χ0) is 11.4. The monoisotopic (exact) mass is 231 g/mol. The number of carbonyl (C=O) groups is 1. The fourth-order valence-corrected chi connectivity index (χ4v) is 1.77. The molecule has 0 radical (unpaired) electrons. The molecule has 0 aliphatic carbocycles. The third-order valence-corrected chi connectivity index (χ3v) is 2.51. The Morgan fingerprint density at radius 2 is 1.88 bits per heavy atom. The first-order chi connectivity index (χ1) is 7.81. The summed E-state index contributed by atoms with van der Waals surface area (Å²) in [5, 5.41) is 3.35. The number of halogens is 1. The first kappa shape index (κ1) is 10.7. The third-order valence-electron chi connectivity index (χ3n) is 2.28. The molecule has 0 fully saturated rings. The summed E-state index contributed by atoms with van der Waals surface area (Å²) in [5.41, 5.74) is 2.72. The molecule has 0 atom stereocenters. The molecule has 16 heavy (non-hydrogen) atoms. The molecule has 0 unspecified atom stereocenters. The van der Waals surface area contributed by atoms with Gasteiger partial charge in [-0.25, -0.2) is 0 Å². The van der Waals surface area contributed by atoms with Crippen LogP contribution in [0.3, 0.4) is 0 Å². The minimum absolute atomic E-state index is 0.670. The minimum Gasteiger partial charge on any atom is -0.328 e. The van der Waals surface area contributed by atoms with Gasteiger partial charge >= 0.3 is 0 Å². The molecule has 2 nitrogen and oxygen atoms in total. The van der Waals surface area contributed by atoms with Crippen LogP contribution in [0.1, 0.15) is 0 Å². The van der Waals surface area contributed by atoms with Gasteiger partial charge in [0.05, 0.1) is 0 Å². The molecule has 2 aromatic rings. The molecule has 0 aromatic heterocycles. The van der Waals surface area contributed by atoms with Crippen molar-refractivity contribution in [2.45, 2.75) is 0 Å². The molecule has 0 heterocycles. The average molecular weight is 232 g/mol. The number of benzene rings is 2. The van der Waals surface area contributed by atoms with Crippen molar-refractivity contribution < 1.29 is 4.79 Å². The molecular weight excluding hydrogens is 222 g/mol. The van der Waals surface area contributed by atoms with Crippen molar-refractivity contribution in [1.82, 2.24) is 0 Å². The second-order valence-electron chi connectivity index (χ2n) is 3.32. The van der Waals surface area contributed by atoms with Gasteiger partial charge in [-0.15, -0.1) is 0 Å². The van der Waals surface area contributed by atoms with Crippen LogP contribution in [0, 0.1) is 0 Å². The van der Waals surface area contributed by atoms with E-state index in [1.54, 1.807) is 0 Å². The maximum atomic E-state index is 10.5. The first-order valence-corrected chi connectivity index (χ1v) is 5.24. The van der Waals surface area contributed by atoms with Gasteiger partial charge in [0.15, 0.2) is 0 Å². The Labute approximate surface area is 98.9 Å². The maximum absolute atomic E-state index is 10.5. The lowest BCUT2D eigenvalue weighted by Crippen LogP contribution is -1.95. The summed E-state index contributed by atoms with van der Waals surface area (Å²) in [6, 6.07) is 15.1.